The second-order valence-electron chi connectivity index (χ2n) is 5.17. The monoisotopic (exact) mass is 348 g/mol. The molecule has 0 unspecified atom stereocenters. The van der Waals surface area contributed by atoms with Crippen LogP contribution in [-0.2, 0) is 0 Å². The predicted octanol–water partition coefficient (Wildman–Crippen LogP) is 5.77. The molecule has 118 valence electrons. The summed E-state index contributed by atoms with van der Waals surface area (Å²) in [5, 5.41) is 0. The summed E-state index contributed by atoms with van der Waals surface area (Å²) in [6, 6.07) is 23.7. The second kappa shape index (κ2) is 7.99. The third-order valence-corrected chi connectivity index (χ3v) is 4.09. The Morgan fingerprint density at radius 1 is 0.583 bits per heavy atom. The van der Waals surface area contributed by atoms with Crippen molar-refractivity contribution in [3.63, 3.8) is 0 Å². The van der Waals surface area contributed by atoms with Crippen molar-refractivity contribution >= 4 is 49.1 Å². The molecule has 3 aromatic carbocycles. The minimum absolute atomic E-state index is 0.764. The first-order valence-corrected chi connectivity index (χ1v) is 8.36. The fraction of sp³-hybridized carbons (Fsp3) is 0. The normalized spacial score (nSPS) is 11.4. The Bertz CT molecular complexity index is 802. The Hall–Kier alpha value is -2.30. The molecule has 3 rings (SSSR count). The Morgan fingerprint density at radius 3 is 1.42 bits per heavy atom. The van der Waals surface area contributed by atoms with Crippen molar-refractivity contribution in [3.8, 4) is 0 Å². The summed E-state index contributed by atoms with van der Waals surface area (Å²) in [7, 11) is 0. The van der Waals surface area contributed by atoms with Gasteiger partial charge in [0.15, 0.2) is 0 Å². The lowest BCUT2D eigenvalue weighted by Crippen LogP contribution is -1.82. The Morgan fingerprint density at radius 2 is 1.00 bits per heavy atom. The van der Waals surface area contributed by atoms with Gasteiger partial charge >= 0.3 is 0 Å². The number of benzene rings is 3. The zero-order valence-corrected chi connectivity index (χ0v) is 14.7. The highest BCUT2D eigenvalue weighted by Crippen LogP contribution is 2.34. The molecule has 0 saturated heterocycles. The summed E-state index contributed by atoms with van der Waals surface area (Å²) in [6.07, 6.45) is 3.63. The van der Waals surface area contributed by atoms with E-state index >= 15 is 0 Å². The van der Waals surface area contributed by atoms with E-state index in [0.29, 0.717) is 0 Å². The van der Waals surface area contributed by atoms with E-state index in [2.05, 4.69) is 35.2 Å². The third-order valence-electron chi connectivity index (χ3n) is 3.38. The van der Waals surface area contributed by atoms with Crippen LogP contribution in [0.15, 0.2) is 92.6 Å². The van der Waals surface area contributed by atoms with Gasteiger partial charge in [-0.3, -0.25) is 9.98 Å². The van der Waals surface area contributed by atoms with Gasteiger partial charge in [0.2, 0.25) is 0 Å². The van der Waals surface area contributed by atoms with Crippen molar-refractivity contribution in [2.24, 2.45) is 9.98 Å². The van der Waals surface area contributed by atoms with Crippen LogP contribution in [0.3, 0.4) is 0 Å². The number of thiol groups is 2. The van der Waals surface area contributed by atoms with Crippen LogP contribution in [0.5, 0.6) is 0 Å². The zero-order valence-electron chi connectivity index (χ0n) is 12.9. The average Bonchev–Trinajstić information content (AvgIpc) is 2.62. The zero-order chi connectivity index (χ0) is 16.8. The summed E-state index contributed by atoms with van der Waals surface area (Å²) in [4.78, 5) is 10.6. The van der Waals surface area contributed by atoms with E-state index in [0.717, 1.165) is 32.3 Å². The first-order chi connectivity index (χ1) is 11.7. The van der Waals surface area contributed by atoms with Gasteiger partial charge in [0.25, 0.3) is 0 Å². The molecule has 2 nitrogen and oxygen atoms in total. The van der Waals surface area contributed by atoms with Gasteiger partial charge in [-0.15, -0.1) is 25.3 Å². The molecule has 0 aromatic heterocycles. The third kappa shape index (κ3) is 4.37. The van der Waals surface area contributed by atoms with E-state index in [9.17, 15) is 0 Å². The van der Waals surface area contributed by atoms with E-state index in [1.807, 2.05) is 85.2 Å². The van der Waals surface area contributed by atoms with Crippen molar-refractivity contribution in [2.75, 3.05) is 0 Å². The van der Waals surface area contributed by atoms with Crippen molar-refractivity contribution in [3.05, 3.63) is 83.9 Å². The topological polar surface area (TPSA) is 24.7 Å². The van der Waals surface area contributed by atoms with Crippen LogP contribution >= 0.6 is 25.3 Å². The lowest BCUT2D eigenvalue weighted by molar-refractivity contribution is 1.28. The molecule has 0 fully saturated rings. The number of rotatable bonds is 4. The molecule has 0 spiro atoms. The van der Waals surface area contributed by atoms with Crippen LogP contribution in [0.2, 0.25) is 0 Å². The second-order valence-corrected chi connectivity index (χ2v) is 6.13. The maximum absolute atomic E-state index is 4.52. The summed E-state index contributed by atoms with van der Waals surface area (Å²) in [6.45, 7) is 0. The molecule has 0 aliphatic heterocycles. The van der Waals surface area contributed by atoms with E-state index in [1.165, 1.54) is 0 Å². The van der Waals surface area contributed by atoms with Crippen LogP contribution in [-0.4, -0.2) is 12.4 Å². The van der Waals surface area contributed by atoms with E-state index in [1.54, 1.807) is 0 Å². The Kier molecular flexibility index (Phi) is 5.51. The highest BCUT2D eigenvalue weighted by atomic mass is 32.1. The quantitative estimate of drug-likeness (QED) is 0.442. The first-order valence-electron chi connectivity index (χ1n) is 7.46. The largest absolute Gasteiger partial charge is 0.255 e. The summed E-state index contributed by atoms with van der Waals surface area (Å²) < 4.78 is 0. The summed E-state index contributed by atoms with van der Waals surface area (Å²) in [5.74, 6) is 0. The molecule has 0 aliphatic carbocycles. The number of hydrogen-bond acceptors (Lipinski definition) is 4. The van der Waals surface area contributed by atoms with Gasteiger partial charge in [-0.05, 0) is 23.3 Å². The molecule has 24 heavy (non-hydrogen) atoms. The van der Waals surface area contributed by atoms with E-state index < -0.39 is 0 Å². The minimum atomic E-state index is 0.764. The summed E-state index contributed by atoms with van der Waals surface area (Å²) >= 11 is 8.97. The van der Waals surface area contributed by atoms with Gasteiger partial charge in [0.05, 0.1) is 11.4 Å². The lowest BCUT2D eigenvalue weighted by Gasteiger charge is -2.05. The molecule has 0 aliphatic rings. The fourth-order valence-corrected chi connectivity index (χ4v) is 2.73. The fourth-order valence-electron chi connectivity index (χ4n) is 2.13. The van der Waals surface area contributed by atoms with E-state index in [4.69, 9.17) is 0 Å². The van der Waals surface area contributed by atoms with Crippen molar-refractivity contribution in [2.45, 2.75) is 9.79 Å². The number of aliphatic imine (C=N–C) groups is 2. The van der Waals surface area contributed by atoms with Crippen LogP contribution in [0.1, 0.15) is 11.1 Å². The van der Waals surface area contributed by atoms with Crippen LogP contribution in [0.4, 0.5) is 11.4 Å². The predicted molar refractivity (Wildman–Crippen MR) is 108 cm³/mol. The smallest absolute Gasteiger partial charge is 0.0785 e. The Labute approximate surface area is 152 Å². The van der Waals surface area contributed by atoms with Crippen LogP contribution in [0, 0.1) is 0 Å². The molecule has 0 heterocycles. The van der Waals surface area contributed by atoms with Gasteiger partial charge in [-0.1, -0.05) is 60.7 Å². The van der Waals surface area contributed by atoms with Gasteiger partial charge < -0.3 is 0 Å². The highest BCUT2D eigenvalue weighted by Gasteiger charge is 2.04. The SMILES string of the molecule is Sc1cc(S)c(N=Cc2ccccc2)cc1N=Cc1ccccc1. The van der Waals surface area contributed by atoms with Crippen molar-refractivity contribution < 1.29 is 0 Å². The van der Waals surface area contributed by atoms with Crippen molar-refractivity contribution in [1.29, 1.82) is 0 Å². The maximum atomic E-state index is 4.52. The first kappa shape index (κ1) is 16.6. The molecule has 0 amide bonds. The van der Waals surface area contributed by atoms with E-state index in [-0.39, 0.29) is 0 Å². The molecule has 0 N–H and O–H groups in total. The minimum Gasteiger partial charge on any atom is -0.255 e. The average molecular weight is 348 g/mol. The molecule has 0 atom stereocenters. The standard InChI is InChI=1S/C20H16N2S2/c23-19-12-20(24)18(22-14-16-9-5-2-6-10-16)11-17(19)21-13-15-7-3-1-4-8-15/h1-14,23-24H. The highest BCUT2D eigenvalue weighted by molar-refractivity contribution is 7.81. The molecule has 0 bridgehead atoms. The molecule has 4 heteroatoms. The summed E-state index contributed by atoms with van der Waals surface area (Å²) in [5.41, 5.74) is 3.60. The molecular weight excluding hydrogens is 332 g/mol. The van der Waals surface area contributed by atoms with Gasteiger partial charge in [0, 0.05) is 22.2 Å². The van der Waals surface area contributed by atoms with Crippen LogP contribution < -0.4 is 0 Å². The number of nitrogens with zero attached hydrogens (tertiary/aromatic N) is 2. The number of hydrogen-bond donors (Lipinski definition) is 2. The van der Waals surface area contributed by atoms with Crippen LogP contribution in [0.25, 0.3) is 0 Å². The maximum Gasteiger partial charge on any atom is 0.0785 e. The molecule has 0 saturated carbocycles. The molecular formula is C20H16N2S2. The Balaban J connectivity index is 1.89. The van der Waals surface area contributed by atoms with Crippen molar-refractivity contribution in [1.82, 2.24) is 0 Å². The van der Waals surface area contributed by atoms with Gasteiger partial charge in [-0.25, -0.2) is 0 Å². The molecule has 0 radical (unpaired) electrons. The van der Waals surface area contributed by atoms with Gasteiger partial charge in [0.1, 0.15) is 0 Å². The van der Waals surface area contributed by atoms with Gasteiger partial charge in [-0.2, -0.15) is 0 Å². The molecule has 3 aromatic rings. The lowest BCUT2D eigenvalue weighted by atomic mass is 10.2.